The molecule has 0 bridgehead atoms. The van der Waals surface area contributed by atoms with Crippen molar-refractivity contribution >= 4 is 21.6 Å². The first-order chi connectivity index (χ1) is 12.0. The van der Waals surface area contributed by atoms with Crippen LogP contribution in [0.15, 0.2) is 24.3 Å². The molecule has 2 saturated heterocycles. The molecule has 2 aliphatic rings. The smallest absolute Gasteiger partial charge is 0.251 e. The van der Waals surface area contributed by atoms with Crippen molar-refractivity contribution in [3.8, 4) is 0 Å². The predicted octanol–water partition coefficient (Wildman–Crippen LogP) is 1.69. The molecule has 6 nitrogen and oxygen atoms in total. The van der Waals surface area contributed by atoms with Crippen molar-refractivity contribution in [1.82, 2.24) is 10.2 Å². The van der Waals surface area contributed by atoms with E-state index in [0.717, 1.165) is 26.1 Å². The lowest BCUT2D eigenvalue weighted by molar-refractivity contribution is 0.0933. The van der Waals surface area contributed by atoms with E-state index < -0.39 is 10.0 Å². The molecule has 1 aromatic carbocycles. The van der Waals surface area contributed by atoms with Crippen LogP contribution in [-0.4, -0.2) is 57.7 Å². The highest BCUT2D eigenvalue weighted by molar-refractivity contribution is 7.93. The lowest BCUT2D eigenvalue weighted by Gasteiger charge is -2.31. The van der Waals surface area contributed by atoms with E-state index in [1.165, 1.54) is 10.7 Å². The predicted molar refractivity (Wildman–Crippen MR) is 99.4 cm³/mol. The second-order valence-corrected chi connectivity index (χ2v) is 8.91. The normalized spacial score (nSPS) is 23.6. The van der Waals surface area contributed by atoms with Crippen LogP contribution >= 0.6 is 0 Å². The number of nitrogens with zero attached hydrogens (tertiary/aromatic N) is 2. The van der Waals surface area contributed by atoms with Crippen LogP contribution in [0.5, 0.6) is 0 Å². The van der Waals surface area contributed by atoms with E-state index in [9.17, 15) is 13.2 Å². The van der Waals surface area contributed by atoms with Crippen LogP contribution in [-0.2, 0) is 10.0 Å². The van der Waals surface area contributed by atoms with Crippen molar-refractivity contribution in [3.05, 3.63) is 29.8 Å². The summed E-state index contributed by atoms with van der Waals surface area (Å²) in [6.07, 6.45) is 3.00. The monoisotopic (exact) mass is 365 g/mol. The minimum atomic E-state index is -3.18. The average Bonchev–Trinajstić information content (AvgIpc) is 2.99. The van der Waals surface area contributed by atoms with E-state index in [1.807, 2.05) is 0 Å². The van der Waals surface area contributed by atoms with Gasteiger partial charge in [-0.2, -0.15) is 0 Å². The standard InChI is InChI=1S/C18H27N3O3S/c1-2-20-10-3-5-15(14-20)13-19-18(22)16-6-8-17(9-7-16)21-11-4-12-25(21,23)24/h6-9,15H,2-5,10-14H2,1H3,(H,19,22). The molecule has 1 unspecified atom stereocenters. The fourth-order valence-corrected chi connectivity index (χ4v) is 5.22. The van der Waals surface area contributed by atoms with Crippen LogP contribution in [0.3, 0.4) is 0 Å². The molecule has 25 heavy (non-hydrogen) atoms. The highest BCUT2D eigenvalue weighted by atomic mass is 32.2. The molecule has 1 atom stereocenters. The second-order valence-electron chi connectivity index (χ2n) is 6.90. The van der Waals surface area contributed by atoms with Crippen LogP contribution < -0.4 is 9.62 Å². The van der Waals surface area contributed by atoms with Crippen LogP contribution in [0.4, 0.5) is 5.69 Å². The molecule has 2 heterocycles. The Balaban J connectivity index is 1.56. The van der Waals surface area contributed by atoms with Crippen molar-refractivity contribution in [2.45, 2.75) is 26.2 Å². The number of hydrogen-bond donors (Lipinski definition) is 1. The summed E-state index contributed by atoms with van der Waals surface area (Å²) < 4.78 is 25.3. The van der Waals surface area contributed by atoms with Crippen molar-refractivity contribution in [2.75, 3.05) is 42.8 Å². The summed E-state index contributed by atoms with van der Waals surface area (Å²) in [7, 11) is -3.18. The van der Waals surface area contributed by atoms with Crippen LogP contribution in [0, 0.1) is 5.92 Å². The van der Waals surface area contributed by atoms with E-state index in [1.54, 1.807) is 24.3 Å². The highest BCUT2D eigenvalue weighted by Crippen LogP contribution is 2.24. The molecular formula is C18H27N3O3S. The number of nitrogens with one attached hydrogen (secondary N) is 1. The summed E-state index contributed by atoms with van der Waals surface area (Å²) in [5, 5.41) is 3.02. The summed E-state index contributed by atoms with van der Waals surface area (Å²) in [5.74, 6) is 0.613. The number of benzene rings is 1. The Kier molecular flexibility index (Phi) is 5.64. The third-order valence-corrected chi connectivity index (χ3v) is 6.99. The third kappa shape index (κ3) is 4.33. The summed E-state index contributed by atoms with van der Waals surface area (Å²) in [4.78, 5) is 14.8. The van der Waals surface area contributed by atoms with Crippen LogP contribution in [0.2, 0.25) is 0 Å². The van der Waals surface area contributed by atoms with Crippen LogP contribution in [0.25, 0.3) is 0 Å². The van der Waals surface area contributed by atoms with Gasteiger partial charge in [-0.3, -0.25) is 9.10 Å². The molecule has 2 fully saturated rings. The van der Waals surface area contributed by atoms with Crippen molar-refractivity contribution < 1.29 is 13.2 Å². The van der Waals surface area contributed by atoms with Crippen LogP contribution in [0.1, 0.15) is 36.5 Å². The minimum absolute atomic E-state index is 0.0931. The van der Waals surface area contributed by atoms with Gasteiger partial charge in [-0.25, -0.2) is 8.42 Å². The van der Waals surface area contributed by atoms with Gasteiger partial charge in [0.15, 0.2) is 0 Å². The zero-order valence-electron chi connectivity index (χ0n) is 14.8. The first-order valence-electron chi connectivity index (χ1n) is 9.10. The molecule has 2 aliphatic heterocycles. The first-order valence-corrected chi connectivity index (χ1v) is 10.7. The molecule has 0 radical (unpaired) electrons. The Bertz CT molecular complexity index is 703. The largest absolute Gasteiger partial charge is 0.352 e. The number of piperidine rings is 1. The maximum absolute atomic E-state index is 12.3. The Morgan fingerprint density at radius 1 is 1.20 bits per heavy atom. The lowest BCUT2D eigenvalue weighted by Crippen LogP contribution is -2.40. The quantitative estimate of drug-likeness (QED) is 0.862. The highest BCUT2D eigenvalue weighted by Gasteiger charge is 2.28. The SMILES string of the molecule is CCN1CCCC(CNC(=O)c2ccc(N3CCCS3(=O)=O)cc2)C1. The van der Waals surface area contributed by atoms with Gasteiger partial charge in [0.1, 0.15) is 0 Å². The molecule has 0 aromatic heterocycles. The molecule has 1 aromatic rings. The molecule has 138 valence electrons. The summed E-state index contributed by atoms with van der Waals surface area (Å²) in [6.45, 7) is 6.64. The van der Waals surface area contributed by atoms with Gasteiger partial charge >= 0.3 is 0 Å². The Labute approximate surface area is 150 Å². The van der Waals surface area contributed by atoms with Gasteiger partial charge in [-0.15, -0.1) is 0 Å². The van der Waals surface area contributed by atoms with Gasteiger partial charge < -0.3 is 10.2 Å². The maximum Gasteiger partial charge on any atom is 0.251 e. The van der Waals surface area contributed by atoms with Crippen molar-refractivity contribution in [2.24, 2.45) is 5.92 Å². The topological polar surface area (TPSA) is 69.7 Å². The molecule has 7 heteroatoms. The fraction of sp³-hybridized carbons (Fsp3) is 0.611. The number of likely N-dealkylation sites (tertiary alicyclic amines) is 1. The van der Waals surface area contributed by atoms with E-state index in [-0.39, 0.29) is 11.7 Å². The number of carbonyl (C=O) groups excluding carboxylic acids is 1. The molecule has 3 rings (SSSR count). The van der Waals surface area contributed by atoms with Gasteiger partial charge in [0.2, 0.25) is 10.0 Å². The van der Waals surface area contributed by atoms with Crippen molar-refractivity contribution in [1.29, 1.82) is 0 Å². The summed E-state index contributed by atoms with van der Waals surface area (Å²) in [6, 6.07) is 6.85. The Morgan fingerprint density at radius 3 is 2.60 bits per heavy atom. The summed E-state index contributed by atoms with van der Waals surface area (Å²) >= 11 is 0. The average molecular weight is 365 g/mol. The first kappa shape index (κ1) is 18.2. The van der Waals surface area contributed by atoms with Crippen molar-refractivity contribution in [3.63, 3.8) is 0 Å². The van der Waals surface area contributed by atoms with E-state index in [0.29, 0.717) is 36.7 Å². The van der Waals surface area contributed by atoms with Gasteiger partial charge in [0.05, 0.1) is 11.4 Å². The number of anilines is 1. The number of hydrogen-bond acceptors (Lipinski definition) is 4. The molecular weight excluding hydrogens is 338 g/mol. The second kappa shape index (κ2) is 7.74. The maximum atomic E-state index is 12.3. The van der Waals surface area contributed by atoms with Gasteiger partial charge in [-0.05, 0) is 62.5 Å². The number of rotatable bonds is 5. The zero-order valence-corrected chi connectivity index (χ0v) is 15.6. The Morgan fingerprint density at radius 2 is 1.96 bits per heavy atom. The molecule has 0 spiro atoms. The molecule has 0 aliphatic carbocycles. The van der Waals surface area contributed by atoms with Gasteiger partial charge in [-0.1, -0.05) is 6.92 Å². The number of sulfonamides is 1. The van der Waals surface area contributed by atoms with Gasteiger partial charge in [0, 0.05) is 25.2 Å². The van der Waals surface area contributed by atoms with Gasteiger partial charge in [0.25, 0.3) is 5.91 Å². The minimum Gasteiger partial charge on any atom is -0.352 e. The Hall–Kier alpha value is -1.60. The fourth-order valence-electron chi connectivity index (χ4n) is 3.65. The number of amides is 1. The summed E-state index contributed by atoms with van der Waals surface area (Å²) in [5.41, 5.74) is 1.21. The van der Waals surface area contributed by atoms with E-state index in [4.69, 9.17) is 0 Å². The molecule has 1 N–H and O–H groups in total. The lowest BCUT2D eigenvalue weighted by atomic mass is 9.98. The van der Waals surface area contributed by atoms with E-state index in [2.05, 4.69) is 17.1 Å². The molecule has 1 amide bonds. The zero-order chi connectivity index (χ0) is 17.9. The third-order valence-electron chi connectivity index (χ3n) is 5.12. The van der Waals surface area contributed by atoms with E-state index >= 15 is 0 Å². The number of carbonyl (C=O) groups is 1. The molecule has 0 saturated carbocycles.